The van der Waals surface area contributed by atoms with Gasteiger partial charge < -0.3 is 14.0 Å². The second kappa shape index (κ2) is 5.64. The van der Waals surface area contributed by atoms with Crippen LogP contribution in [0, 0.1) is 0 Å². The van der Waals surface area contributed by atoms with Crippen molar-refractivity contribution in [3.8, 4) is 0 Å². The number of nitrogens with zero attached hydrogens (tertiary/aromatic N) is 1. The predicted octanol–water partition coefficient (Wildman–Crippen LogP) is 1.79. The Kier molecular flexibility index (Phi) is 4.48. The number of aromatic nitrogens is 1. The first-order valence-corrected chi connectivity index (χ1v) is 5.40. The van der Waals surface area contributed by atoms with Crippen molar-refractivity contribution in [2.45, 2.75) is 13.8 Å². The number of carbonyl (C=O) groups excluding carboxylic acids is 2. The first kappa shape index (κ1) is 12.7. The topological polar surface area (TPSA) is 78.6 Å². The van der Waals surface area contributed by atoms with Crippen molar-refractivity contribution in [2.24, 2.45) is 0 Å². The number of ether oxygens (including phenoxy) is 2. The highest BCUT2D eigenvalue weighted by atomic mass is 79.9. The lowest BCUT2D eigenvalue weighted by atomic mass is 10.3. The normalized spacial score (nSPS) is 9.94. The van der Waals surface area contributed by atoms with Crippen LogP contribution in [-0.4, -0.2) is 30.3 Å². The predicted molar refractivity (Wildman–Crippen MR) is 56.1 cm³/mol. The molecule has 0 aromatic carbocycles. The maximum Gasteiger partial charge on any atom is 0.378 e. The third kappa shape index (κ3) is 2.60. The summed E-state index contributed by atoms with van der Waals surface area (Å²) < 4.78 is 14.3. The van der Waals surface area contributed by atoms with Crippen LogP contribution in [0.25, 0.3) is 0 Å². The lowest BCUT2D eigenvalue weighted by molar-refractivity contribution is 0.0470. The summed E-state index contributed by atoms with van der Waals surface area (Å²) in [4.78, 5) is 22.7. The van der Waals surface area contributed by atoms with Gasteiger partial charge in [0, 0.05) is 0 Å². The zero-order valence-electron chi connectivity index (χ0n) is 8.78. The van der Waals surface area contributed by atoms with Crippen molar-refractivity contribution in [1.82, 2.24) is 5.16 Å². The number of esters is 2. The Morgan fingerprint density at radius 3 is 2.38 bits per heavy atom. The minimum atomic E-state index is -0.683. The van der Waals surface area contributed by atoms with Gasteiger partial charge in [0.05, 0.1) is 13.2 Å². The Balaban J connectivity index is 2.92. The number of halogens is 1. The largest absolute Gasteiger partial charge is 0.461 e. The maximum absolute atomic E-state index is 11.3. The summed E-state index contributed by atoms with van der Waals surface area (Å²) in [5, 5.41) is 3.44. The highest BCUT2D eigenvalue weighted by molar-refractivity contribution is 9.10. The monoisotopic (exact) mass is 291 g/mol. The van der Waals surface area contributed by atoms with Crippen LogP contribution in [0.3, 0.4) is 0 Å². The van der Waals surface area contributed by atoms with Crippen LogP contribution in [0.2, 0.25) is 0 Å². The second-order valence-corrected chi connectivity index (χ2v) is 3.41. The minimum absolute atomic E-state index is 0.0788. The van der Waals surface area contributed by atoms with Crippen molar-refractivity contribution in [2.75, 3.05) is 13.2 Å². The summed E-state index contributed by atoms with van der Waals surface area (Å²) in [6.07, 6.45) is 0. The molecule has 0 amide bonds. The smallest absolute Gasteiger partial charge is 0.378 e. The summed E-state index contributed by atoms with van der Waals surface area (Å²) >= 11 is 3.03. The van der Waals surface area contributed by atoms with Crippen LogP contribution >= 0.6 is 15.9 Å². The number of hydrogen-bond donors (Lipinski definition) is 0. The molecule has 0 aliphatic carbocycles. The van der Waals surface area contributed by atoms with E-state index in [0.717, 1.165) is 0 Å². The summed E-state index contributed by atoms with van der Waals surface area (Å²) in [5.41, 5.74) is -0.0788. The van der Waals surface area contributed by atoms with E-state index in [-0.39, 0.29) is 29.1 Å². The average molecular weight is 292 g/mol. The summed E-state index contributed by atoms with van der Waals surface area (Å²) in [7, 11) is 0. The average Bonchev–Trinajstić information content (AvgIpc) is 2.61. The molecule has 0 aliphatic rings. The van der Waals surface area contributed by atoms with E-state index >= 15 is 0 Å². The van der Waals surface area contributed by atoms with Crippen LogP contribution in [-0.2, 0) is 9.47 Å². The molecule has 0 aliphatic heterocycles. The minimum Gasteiger partial charge on any atom is -0.461 e. The SMILES string of the molecule is CCOC(=O)c1noc(C(=O)OCC)c1Br. The lowest BCUT2D eigenvalue weighted by Crippen LogP contribution is -2.07. The van der Waals surface area contributed by atoms with Crippen LogP contribution in [0.5, 0.6) is 0 Å². The van der Waals surface area contributed by atoms with E-state index < -0.39 is 11.9 Å². The molecule has 0 atom stereocenters. The molecule has 0 N–H and O–H groups in total. The standard InChI is InChI=1S/C9H10BrNO5/c1-3-14-8(12)6-5(10)7(16-11-6)9(13)15-4-2/h3-4H2,1-2H3. The third-order valence-electron chi connectivity index (χ3n) is 1.57. The first-order chi connectivity index (χ1) is 7.61. The third-order valence-corrected chi connectivity index (χ3v) is 2.30. The van der Waals surface area contributed by atoms with Gasteiger partial charge in [0.25, 0.3) is 5.76 Å². The Labute approximate surface area is 100 Å². The van der Waals surface area contributed by atoms with E-state index in [0.29, 0.717) is 0 Å². The van der Waals surface area contributed by atoms with Crippen LogP contribution in [0.4, 0.5) is 0 Å². The number of carbonyl (C=O) groups is 2. The van der Waals surface area contributed by atoms with Gasteiger partial charge in [-0.2, -0.15) is 0 Å². The Hall–Kier alpha value is -1.37. The highest BCUT2D eigenvalue weighted by Crippen LogP contribution is 2.22. The van der Waals surface area contributed by atoms with Gasteiger partial charge in [-0.3, -0.25) is 0 Å². The van der Waals surface area contributed by atoms with Gasteiger partial charge in [-0.25, -0.2) is 9.59 Å². The van der Waals surface area contributed by atoms with Gasteiger partial charge in [0.2, 0.25) is 5.69 Å². The van der Waals surface area contributed by atoms with Gasteiger partial charge in [-0.05, 0) is 29.8 Å². The van der Waals surface area contributed by atoms with E-state index in [4.69, 9.17) is 14.0 Å². The highest BCUT2D eigenvalue weighted by Gasteiger charge is 2.26. The molecule has 1 aromatic rings. The maximum atomic E-state index is 11.3. The van der Waals surface area contributed by atoms with Crippen molar-refractivity contribution in [1.29, 1.82) is 0 Å². The van der Waals surface area contributed by atoms with E-state index in [1.54, 1.807) is 13.8 Å². The molecule has 0 fully saturated rings. The van der Waals surface area contributed by atoms with Gasteiger partial charge in [0.15, 0.2) is 0 Å². The van der Waals surface area contributed by atoms with Gasteiger partial charge >= 0.3 is 11.9 Å². The molecule has 1 heterocycles. The molecule has 6 nitrogen and oxygen atoms in total. The Bertz CT molecular complexity index is 365. The molecule has 0 bridgehead atoms. The molecule has 0 radical (unpaired) electrons. The quantitative estimate of drug-likeness (QED) is 0.787. The molecule has 7 heteroatoms. The number of hydrogen-bond acceptors (Lipinski definition) is 6. The van der Waals surface area contributed by atoms with E-state index in [2.05, 4.69) is 21.1 Å². The number of rotatable bonds is 4. The molecule has 0 saturated carbocycles. The summed E-state index contributed by atoms with van der Waals surface area (Å²) in [5.74, 6) is -1.49. The molecule has 0 spiro atoms. The van der Waals surface area contributed by atoms with Crippen LogP contribution in [0.1, 0.15) is 34.9 Å². The van der Waals surface area contributed by atoms with Crippen molar-refractivity contribution in [3.63, 3.8) is 0 Å². The molecular formula is C9H10BrNO5. The first-order valence-electron chi connectivity index (χ1n) is 4.61. The second-order valence-electron chi connectivity index (χ2n) is 2.62. The van der Waals surface area contributed by atoms with Gasteiger partial charge in [-0.15, -0.1) is 0 Å². The van der Waals surface area contributed by atoms with E-state index in [1.165, 1.54) is 0 Å². The van der Waals surface area contributed by atoms with Crippen molar-refractivity contribution < 1.29 is 23.6 Å². The molecule has 16 heavy (non-hydrogen) atoms. The van der Waals surface area contributed by atoms with Crippen molar-refractivity contribution in [3.05, 3.63) is 15.9 Å². The van der Waals surface area contributed by atoms with Gasteiger partial charge in [0.1, 0.15) is 4.47 Å². The van der Waals surface area contributed by atoms with Gasteiger partial charge in [-0.1, -0.05) is 5.16 Å². The van der Waals surface area contributed by atoms with Crippen LogP contribution < -0.4 is 0 Å². The van der Waals surface area contributed by atoms with E-state index in [1.807, 2.05) is 0 Å². The fourth-order valence-corrected chi connectivity index (χ4v) is 1.40. The Morgan fingerprint density at radius 2 is 1.81 bits per heavy atom. The zero-order chi connectivity index (χ0) is 12.1. The van der Waals surface area contributed by atoms with Crippen LogP contribution in [0.15, 0.2) is 9.00 Å². The fourth-order valence-electron chi connectivity index (χ4n) is 0.929. The molecule has 0 unspecified atom stereocenters. The summed E-state index contributed by atoms with van der Waals surface area (Å²) in [6, 6.07) is 0. The molecular weight excluding hydrogens is 282 g/mol. The lowest BCUT2D eigenvalue weighted by Gasteiger charge is -1.98. The molecule has 0 saturated heterocycles. The summed E-state index contributed by atoms with van der Waals surface area (Å²) in [6.45, 7) is 3.75. The fraction of sp³-hybridized carbons (Fsp3) is 0.444. The molecule has 1 rings (SSSR count). The van der Waals surface area contributed by atoms with E-state index in [9.17, 15) is 9.59 Å². The van der Waals surface area contributed by atoms with Crippen molar-refractivity contribution >= 4 is 27.9 Å². The molecule has 1 aromatic heterocycles. The molecule has 88 valence electrons. The zero-order valence-corrected chi connectivity index (χ0v) is 10.4. The Morgan fingerprint density at radius 1 is 1.25 bits per heavy atom.